The Bertz CT molecular complexity index is 958. The number of benzene rings is 1. The molecular formula is C18H20N2O4S2. The van der Waals surface area contributed by atoms with Gasteiger partial charge >= 0.3 is 0 Å². The number of methoxy groups -OCH3 is 3. The largest absolute Gasteiger partial charge is 0.495 e. The van der Waals surface area contributed by atoms with Crippen molar-refractivity contribution < 1.29 is 19.0 Å². The van der Waals surface area contributed by atoms with Crippen molar-refractivity contribution in [2.45, 2.75) is 13.0 Å². The van der Waals surface area contributed by atoms with Gasteiger partial charge in [0.15, 0.2) is 4.80 Å². The van der Waals surface area contributed by atoms with Gasteiger partial charge in [-0.2, -0.15) is 4.99 Å². The van der Waals surface area contributed by atoms with Crippen LogP contribution in [0.15, 0.2) is 34.6 Å². The quantitative estimate of drug-likeness (QED) is 0.620. The Kier molecular flexibility index (Phi) is 6.08. The molecule has 138 valence electrons. The summed E-state index contributed by atoms with van der Waals surface area (Å²) in [7, 11) is 4.89. The second-order valence-corrected chi connectivity index (χ2v) is 7.45. The molecule has 0 atom stereocenters. The van der Waals surface area contributed by atoms with E-state index in [0.29, 0.717) is 30.1 Å². The van der Waals surface area contributed by atoms with Crippen LogP contribution in [0.3, 0.4) is 0 Å². The van der Waals surface area contributed by atoms with E-state index in [-0.39, 0.29) is 5.91 Å². The molecule has 0 aliphatic heterocycles. The molecule has 6 nitrogen and oxygen atoms in total. The van der Waals surface area contributed by atoms with Gasteiger partial charge in [0.25, 0.3) is 5.91 Å². The molecule has 8 heteroatoms. The van der Waals surface area contributed by atoms with Gasteiger partial charge in [0.2, 0.25) is 0 Å². The number of thiazole rings is 1. The minimum Gasteiger partial charge on any atom is -0.495 e. The Morgan fingerprint density at radius 1 is 1.15 bits per heavy atom. The highest BCUT2D eigenvalue weighted by molar-refractivity contribution is 7.16. The monoisotopic (exact) mass is 392 g/mol. The highest BCUT2D eigenvalue weighted by Crippen LogP contribution is 2.35. The molecule has 0 unspecified atom stereocenters. The Hall–Kier alpha value is -2.16. The van der Waals surface area contributed by atoms with Crippen LogP contribution in [-0.2, 0) is 22.5 Å². The van der Waals surface area contributed by atoms with Crippen molar-refractivity contribution in [3.8, 4) is 11.5 Å². The summed E-state index contributed by atoms with van der Waals surface area (Å²) in [6, 6.07) is 7.58. The summed E-state index contributed by atoms with van der Waals surface area (Å²) in [6.45, 7) is 1.06. The average Bonchev–Trinajstić information content (AvgIpc) is 3.27. The Morgan fingerprint density at radius 2 is 1.92 bits per heavy atom. The van der Waals surface area contributed by atoms with Gasteiger partial charge in [0.05, 0.1) is 27.2 Å². The van der Waals surface area contributed by atoms with Crippen LogP contribution in [0.4, 0.5) is 0 Å². The minimum absolute atomic E-state index is 0.178. The topological polar surface area (TPSA) is 62.1 Å². The molecule has 2 heterocycles. The number of aromatic nitrogens is 1. The summed E-state index contributed by atoms with van der Waals surface area (Å²) in [5.41, 5.74) is 0.858. The van der Waals surface area contributed by atoms with Crippen LogP contribution in [0, 0.1) is 0 Å². The molecule has 1 aromatic carbocycles. The number of nitrogens with zero attached hydrogens (tertiary/aromatic N) is 2. The Labute approximate surface area is 159 Å². The van der Waals surface area contributed by atoms with E-state index in [1.54, 1.807) is 32.7 Å². The highest BCUT2D eigenvalue weighted by Gasteiger charge is 2.16. The zero-order chi connectivity index (χ0) is 18.5. The summed E-state index contributed by atoms with van der Waals surface area (Å²) in [4.78, 5) is 18.4. The number of thiophene rings is 1. The maximum atomic E-state index is 12.4. The van der Waals surface area contributed by atoms with Crippen LogP contribution in [0.5, 0.6) is 11.5 Å². The van der Waals surface area contributed by atoms with Gasteiger partial charge in [-0.05, 0) is 23.6 Å². The van der Waals surface area contributed by atoms with Gasteiger partial charge in [-0.15, -0.1) is 11.3 Å². The normalized spacial score (nSPS) is 11.9. The number of carbonyl (C=O) groups excluding carboxylic acids is 1. The number of carbonyl (C=O) groups is 1. The lowest BCUT2D eigenvalue weighted by molar-refractivity contribution is -0.117. The maximum absolute atomic E-state index is 12.4. The average molecular weight is 393 g/mol. The van der Waals surface area contributed by atoms with E-state index in [9.17, 15) is 4.79 Å². The van der Waals surface area contributed by atoms with Crippen molar-refractivity contribution in [2.75, 3.05) is 27.9 Å². The van der Waals surface area contributed by atoms with Crippen molar-refractivity contribution >= 4 is 38.8 Å². The zero-order valence-corrected chi connectivity index (χ0v) is 16.5. The van der Waals surface area contributed by atoms with Crippen molar-refractivity contribution in [2.24, 2.45) is 4.99 Å². The molecule has 26 heavy (non-hydrogen) atoms. The van der Waals surface area contributed by atoms with E-state index < -0.39 is 0 Å². The van der Waals surface area contributed by atoms with E-state index in [0.717, 1.165) is 20.8 Å². The first-order valence-electron chi connectivity index (χ1n) is 8.01. The first-order chi connectivity index (χ1) is 12.7. The predicted molar refractivity (Wildman–Crippen MR) is 103 cm³/mol. The number of fused-ring (bicyclic) bond motifs is 1. The van der Waals surface area contributed by atoms with E-state index in [1.165, 1.54) is 11.3 Å². The fourth-order valence-corrected chi connectivity index (χ4v) is 4.52. The molecule has 0 N–H and O–H groups in total. The fourth-order valence-electron chi connectivity index (χ4n) is 2.64. The Balaban J connectivity index is 2.13. The van der Waals surface area contributed by atoms with E-state index in [4.69, 9.17) is 14.2 Å². The first-order valence-corrected chi connectivity index (χ1v) is 9.70. The summed E-state index contributed by atoms with van der Waals surface area (Å²) in [6.07, 6.45) is 0.296. The van der Waals surface area contributed by atoms with Gasteiger partial charge in [-0.1, -0.05) is 17.4 Å². The standard InChI is InChI=1S/C18H20N2O4S2/c1-22-9-8-20-16-13(23-2)6-7-14(24-3)17(16)26-18(20)19-15(21)11-12-5-4-10-25-12/h4-7,10H,8-9,11H2,1-3H3. The molecule has 3 aromatic rings. The molecule has 0 aliphatic carbocycles. The van der Waals surface area contributed by atoms with Crippen molar-refractivity contribution in [3.05, 3.63) is 39.3 Å². The number of amides is 1. The lowest BCUT2D eigenvalue weighted by Gasteiger charge is -2.09. The van der Waals surface area contributed by atoms with Crippen LogP contribution in [0.1, 0.15) is 4.88 Å². The SMILES string of the molecule is COCCn1c(=NC(=O)Cc2cccs2)sc2c(OC)ccc(OC)c21. The predicted octanol–water partition coefficient (Wildman–Crippen LogP) is 3.10. The Morgan fingerprint density at radius 3 is 2.58 bits per heavy atom. The summed E-state index contributed by atoms with van der Waals surface area (Å²) in [5.74, 6) is 1.26. The molecule has 3 rings (SSSR count). The lowest BCUT2D eigenvalue weighted by Crippen LogP contribution is -2.20. The molecule has 2 aromatic heterocycles. The third kappa shape index (κ3) is 3.82. The smallest absolute Gasteiger partial charge is 0.253 e. The molecule has 0 fully saturated rings. The molecule has 0 saturated heterocycles. The summed E-state index contributed by atoms with van der Waals surface area (Å²) >= 11 is 2.97. The zero-order valence-electron chi connectivity index (χ0n) is 14.9. The molecule has 0 aliphatic rings. The lowest BCUT2D eigenvalue weighted by atomic mass is 10.3. The number of hydrogen-bond donors (Lipinski definition) is 0. The number of ether oxygens (including phenoxy) is 3. The van der Waals surface area contributed by atoms with Gasteiger partial charge in [-0.3, -0.25) is 4.79 Å². The molecule has 0 saturated carbocycles. The molecule has 0 spiro atoms. The summed E-state index contributed by atoms with van der Waals surface area (Å²) < 4.78 is 19.1. The van der Waals surface area contributed by atoms with Crippen molar-refractivity contribution in [1.82, 2.24) is 4.57 Å². The van der Waals surface area contributed by atoms with Crippen LogP contribution in [-0.4, -0.2) is 38.4 Å². The van der Waals surface area contributed by atoms with E-state index >= 15 is 0 Å². The van der Waals surface area contributed by atoms with E-state index in [2.05, 4.69) is 4.99 Å². The van der Waals surface area contributed by atoms with Crippen LogP contribution >= 0.6 is 22.7 Å². The highest BCUT2D eigenvalue weighted by atomic mass is 32.1. The van der Waals surface area contributed by atoms with Gasteiger partial charge in [0, 0.05) is 18.5 Å². The first kappa shape index (κ1) is 18.6. The van der Waals surface area contributed by atoms with Crippen LogP contribution in [0.25, 0.3) is 10.2 Å². The molecule has 1 amide bonds. The van der Waals surface area contributed by atoms with Crippen LogP contribution in [0.2, 0.25) is 0 Å². The van der Waals surface area contributed by atoms with Crippen molar-refractivity contribution in [1.29, 1.82) is 0 Å². The minimum atomic E-state index is -0.178. The molecule has 0 radical (unpaired) electrons. The maximum Gasteiger partial charge on any atom is 0.253 e. The van der Waals surface area contributed by atoms with Crippen LogP contribution < -0.4 is 14.3 Å². The van der Waals surface area contributed by atoms with Gasteiger partial charge in [-0.25, -0.2) is 0 Å². The second kappa shape index (κ2) is 8.48. The number of rotatable bonds is 7. The third-order valence-electron chi connectivity index (χ3n) is 3.84. The van der Waals surface area contributed by atoms with Gasteiger partial charge < -0.3 is 18.8 Å². The molecule has 0 bridgehead atoms. The summed E-state index contributed by atoms with van der Waals surface area (Å²) in [5, 5.41) is 1.95. The molecular weight excluding hydrogens is 372 g/mol. The van der Waals surface area contributed by atoms with E-state index in [1.807, 2.05) is 34.2 Å². The second-order valence-electron chi connectivity index (χ2n) is 5.44. The third-order valence-corrected chi connectivity index (χ3v) is 5.81. The van der Waals surface area contributed by atoms with Crippen molar-refractivity contribution in [3.63, 3.8) is 0 Å². The van der Waals surface area contributed by atoms with Gasteiger partial charge in [0.1, 0.15) is 21.7 Å². The number of hydrogen-bond acceptors (Lipinski definition) is 6. The fraction of sp³-hybridized carbons (Fsp3) is 0.333.